The predicted molar refractivity (Wildman–Crippen MR) is 72.2 cm³/mol. The molecule has 0 aromatic carbocycles. The van der Waals surface area contributed by atoms with Crippen molar-refractivity contribution in [3.63, 3.8) is 0 Å². The van der Waals surface area contributed by atoms with Crippen molar-refractivity contribution in [3.05, 3.63) is 23.9 Å². The van der Waals surface area contributed by atoms with Gasteiger partial charge in [0.15, 0.2) is 0 Å². The van der Waals surface area contributed by atoms with Crippen LogP contribution in [-0.2, 0) is 6.54 Å². The molecule has 0 amide bonds. The molecule has 0 aliphatic heterocycles. The fourth-order valence-corrected chi connectivity index (χ4v) is 2.21. The molecule has 1 aliphatic rings. The van der Waals surface area contributed by atoms with E-state index >= 15 is 0 Å². The van der Waals surface area contributed by atoms with E-state index in [9.17, 15) is 0 Å². The number of nitrogens with one attached hydrogen (secondary N) is 1. The summed E-state index contributed by atoms with van der Waals surface area (Å²) in [6.07, 6.45) is 5.88. The summed E-state index contributed by atoms with van der Waals surface area (Å²) in [7, 11) is 1.99. The number of hydrogen-bond donors (Lipinski definition) is 1. The zero-order valence-electron chi connectivity index (χ0n) is 10.9. The smallest absolute Gasteiger partial charge is 0.133 e. The molecule has 1 aliphatic carbocycles. The van der Waals surface area contributed by atoms with Crippen LogP contribution in [0.15, 0.2) is 18.3 Å². The molecule has 1 N–H and O–H groups in total. The lowest BCUT2D eigenvalue weighted by molar-refractivity contribution is 0.689. The van der Waals surface area contributed by atoms with Crippen LogP contribution in [0.1, 0.15) is 31.7 Å². The van der Waals surface area contributed by atoms with Gasteiger partial charge in [-0.2, -0.15) is 0 Å². The van der Waals surface area contributed by atoms with E-state index in [1.54, 1.807) is 0 Å². The Morgan fingerprint density at radius 3 is 2.94 bits per heavy atom. The lowest BCUT2D eigenvalue weighted by Gasteiger charge is -2.25. The fraction of sp³-hybridized carbons (Fsp3) is 0.643. The molecule has 0 bridgehead atoms. The summed E-state index contributed by atoms with van der Waals surface area (Å²) in [5.41, 5.74) is 1.31. The monoisotopic (exact) mass is 233 g/mol. The van der Waals surface area contributed by atoms with Gasteiger partial charge in [-0.25, -0.2) is 4.98 Å². The maximum absolute atomic E-state index is 4.58. The molecule has 94 valence electrons. The van der Waals surface area contributed by atoms with Gasteiger partial charge in [-0.05, 0) is 38.3 Å². The summed E-state index contributed by atoms with van der Waals surface area (Å²) in [4.78, 5) is 7.05. The topological polar surface area (TPSA) is 28.2 Å². The van der Waals surface area contributed by atoms with Crippen molar-refractivity contribution in [2.75, 3.05) is 25.0 Å². The Morgan fingerprint density at radius 2 is 2.29 bits per heavy atom. The molecule has 3 heteroatoms. The second-order valence-electron chi connectivity index (χ2n) is 4.91. The minimum Gasteiger partial charge on any atom is -0.356 e. The SMILES string of the molecule is CCCN(CC1CC1)c1ncccc1CNC. The van der Waals surface area contributed by atoms with Crippen LogP contribution in [0.2, 0.25) is 0 Å². The largest absolute Gasteiger partial charge is 0.356 e. The Kier molecular flexibility index (Phi) is 4.37. The van der Waals surface area contributed by atoms with E-state index in [2.05, 4.69) is 28.2 Å². The number of nitrogens with zero attached hydrogens (tertiary/aromatic N) is 2. The molecule has 1 fully saturated rings. The Bertz CT molecular complexity index is 347. The summed E-state index contributed by atoms with van der Waals surface area (Å²) in [5.74, 6) is 2.08. The minimum atomic E-state index is 0.897. The first kappa shape index (κ1) is 12.4. The average Bonchev–Trinajstić information content (AvgIpc) is 3.14. The average molecular weight is 233 g/mol. The molecule has 0 atom stereocenters. The number of anilines is 1. The minimum absolute atomic E-state index is 0.897. The third kappa shape index (κ3) is 3.43. The summed E-state index contributed by atoms with van der Waals surface area (Å²) in [6.45, 7) is 5.43. The van der Waals surface area contributed by atoms with Gasteiger partial charge in [-0.15, -0.1) is 0 Å². The zero-order chi connectivity index (χ0) is 12.1. The molecule has 2 rings (SSSR count). The van der Waals surface area contributed by atoms with Gasteiger partial charge in [0.2, 0.25) is 0 Å². The summed E-state index contributed by atoms with van der Waals surface area (Å²) in [6, 6.07) is 4.20. The first-order valence-corrected chi connectivity index (χ1v) is 6.68. The van der Waals surface area contributed by atoms with Crippen molar-refractivity contribution < 1.29 is 0 Å². The maximum Gasteiger partial charge on any atom is 0.133 e. The lowest BCUT2D eigenvalue weighted by Crippen LogP contribution is -2.29. The second kappa shape index (κ2) is 6.01. The van der Waals surface area contributed by atoms with E-state index in [4.69, 9.17) is 0 Å². The van der Waals surface area contributed by atoms with Crippen molar-refractivity contribution in [2.45, 2.75) is 32.7 Å². The highest BCUT2D eigenvalue weighted by molar-refractivity contribution is 5.46. The van der Waals surface area contributed by atoms with Gasteiger partial charge in [-0.1, -0.05) is 13.0 Å². The Labute approximate surface area is 104 Å². The van der Waals surface area contributed by atoms with Gasteiger partial charge in [0.05, 0.1) is 0 Å². The second-order valence-corrected chi connectivity index (χ2v) is 4.91. The molecule has 0 spiro atoms. The van der Waals surface area contributed by atoms with Crippen LogP contribution in [-0.4, -0.2) is 25.1 Å². The van der Waals surface area contributed by atoms with Crippen LogP contribution >= 0.6 is 0 Å². The lowest BCUT2D eigenvalue weighted by atomic mass is 10.2. The highest BCUT2D eigenvalue weighted by Gasteiger charge is 2.25. The molecule has 1 saturated carbocycles. The quantitative estimate of drug-likeness (QED) is 0.784. The standard InChI is InChI=1S/C14H23N3/c1-3-9-17(11-12-6-7-12)14-13(10-15-2)5-4-8-16-14/h4-5,8,12,15H,3,6-7,9-11H2,1-2H3. The fourth-order valence-electron chi connectivity index (χ4n) is 2.21. The third-order valence-electron chi connectivity index (χ3n) is 3.20. The Hall–Kier alpha value is -1.09. The van der Waals surface area contributed by atoms with Gasteiger partial charge in [0.25, 0.3) is 0 Å². The van der Waals surface area contributed by atoms with Crippen LogP contribution in [0, 0.1) is 5.92 Å². The number of rotatable bonds is 7. The summed E-state index contributed by atoms with van der Waals surface area (Å²) < 4.78 is 0. The maximum atomic E-state index is 4.58. The molecular formula is C14H23N3. The summed E-state index contributed by atoms with van der Waals surface area (Å²) in [5, 5.41) is 3.22. The van der Waals surface area contributed by atoms with E-state index in [1.165, 1.54) is 37.2 Å². The highest BCUT2D eigenvalue weighted by Crippen LogP contribution is 2.31. The molecule has 0 radical (unpaired) electrons. The van der Waals surface area contributed by atoms with Crippen LogP contribution < -0.4 is 10.2 Å². The van der Waals surface area contributed by atoms with Crippen LogP contribution in [0.25, 0.3) is 0 Å². The van der Waals surface area contributed by atoms with Crippen LogP contribution in [0.4, 0.5) is 5.82 Å². The molecule has 0 unspecified atom stereocenters. The molecule has 3 nitrogen and oxygen atoms in total. The van der Waals surface area contributed by atoms with Crippen LogP contribution in [0.5, 0.6) is 0 Å². The zero-order valence-corrected chi connectivity index (χ0v) is 10.9. The predicted octanol–water partition coefficient (Wildman–Crippen LogP) is 2.43. The van der Waals surface area contributed by atoms with Gasteiger partial charge in [-0.3, -0.25) is 0 Å². The molecular weight excluding hydrogens is 210 g/mol. The Morgan fingerprint density at radius 1 is 1.47 bits per heavy atom. The van der Waals surface area contributed by atoms with Gasteiger partial charge in [0.1, 0.15) is 5.82 Å². The van der Waals surface area contributed by atoms with Gasteiger partial charge in [0, 0.05) is 31.4 Å². The first-order chi connectivity index (χ1) is 8.35. The van der Waals surface area contributed by atoms with Gasteiger partial charge < -0.3 is 10.2 Å². The molecule has 0 saturated heterocycles. The molecule has 1 aromatic rings. The number of pyridine rings is 1. The van der Waals surface area contributed by atoms with E-state index in [1.807, 2.05) is 19.3 Å². The molecule has 1 heterocycles. The number of aromatic nitrogens is 1. The first-order valence-electron chi connectivity index (χ1n) is 6.68. The third-order valence-corrected chi connectivity index (χ3v) is 3.20. The van der Waals surface area contributed by atoms with Crippen molar-refractivity contribution >= 4 is 5.82 Å². The summed E-state index contributed by atoms with van der Waals surface area (Å²) >= 11 is 0. The normalized spacial score (nSPS) is 14.9. The highest BCUT2D eigenvalue weighted by atomic mass is 15.2. The van der Waals surface area contributed by atoms with E-state index < -0.39 is 0 Å². The van der Waals surface area contributed by atoms with Crippen molar-refractivity contribution in [2.24, 2.45) is 5.92 Å². The van der Waals surface area contributed by atoms with Gasteiger partial charge >= 0.3 is 0 Å². The molecule has 17 heavy (non-hydrogen) atoms. The van der Waals surface area contributed by atoms with Crippen molar-refractivity contribution in [1.29, 1.82) is 0 Å². The van der Waals surface area contributed by atoms with E-state index in [0.29, 0.717) is 0 Å². The van der Waals surface area contributed by atoms with E-state index in [-0.39, 0.29) is 0 Å². The van der Waals surface area contributed by atoms with E-state index in [0.717, 1.165) is 19.0 Å². The molecule has 1 aromatic heterocycles. The van der Waals surface area contributed by atoms with Crippen molar-refractivity contribution in [3.8, 4) is 0 Å². The van der Waals surface area contributed by atoms with Crippen LogP contribution in [0.3, 0.4) is 0 Å². The van der Waals surface area contributed by atoms with Crippen molar-refractivity contribution in [1.82, 2.24) is 10.3 Å². The number of hydrogen-bond acceptors (Lipinski definition) is 3. The Balaban J connectivity index is 2.14.